The van der Waals surface area contributed by atoms with Gasteiger partial charge in [0.25, 0.3) is 0 Å². The average Bonchev–Trinajstić information content (AvgIpc) is 2.85. The van der Waals surface area contributed by atoms with Gasteiger partial charge in [-0.05, 0) is 10.6 Å². The summed E-state index contributed by atoms with van der Waals surface area (Å²) in [7, 11) is 0. The lowest BCUT2D eigenvalue weighted by molar-refractivity contribution is 0.881. The Hall–Kier alpha value is -2.17. The molecular formula is C9H7N5. The molecule has 0 aliphatic rings. The van der Waals surface area contributed by atoms with Crippen molar-refractivity contribution >= 4 is 10.8 Å². The molecule has 0 atom stereocenters. The molecule has 0 radical (unpaired) electrons. The number of tetrazole rings is 1. The van der Waals surface area contributed by atoms with E-state index in [0.717, 1.165) is 16.5 Å². The fraction of sp³-hybridized carbons (Fsp3) is 0. The maximum atomic E-state index is 3.93. The Morgan fingerprint density at radius 3 is 2.93 bits per heavy atom. The molecule has 3 aromatic rings. The van der Waals surface area contributed by atoms with E-state index < -0.39 is 0 Å². The molecule has 0 fully saturated rings. The number of nitrogens with zero attached hydrogens (tertiary/aromatic N) is 3. The molecule has 2 heterocycles. The molecule has 2 aromatic heterocycles. The predicted octanol–water partition coefficient (Wildman–Crippen LogP) is 1.35. The van der Waals surface area contributed by atoms with Gasteiger partial charge in [-0.15, -0.1) is 10.2 Å². The van der Waals surface area contributed by atoms with E-state index in [2.05, 4.69) is 25.6 Å². The van der Waals surface area contributed by atoms with Gasteiger partial charge < -0.3 is 4.98 Å². The minimum atomic E-state index is 0.589. The molecule has 0 aliphatic heterocycles. The van der Waals surface area contributed by atoms with Crippen molar-refractivity contribution in [2.75, 3.05) is 0 Å². The van der Waals surface area contributed by atoms with Crippen LogP contribution in [0.4, 0.5) is 0 Å². The summed E-state index contributed by atoms with van der Waals surface area (Å²) in [5, 5.41) is 16.1. The van der Waals surface area contributed by atoms with Gasteiger partial charge in [0.2, 0.25) is 5.82 Å². The van der Waals surface area contributed by atoms with Gasteiger partial charge in [-0.3, -0.25) is 0 Å². The molecule has 0 saturated carbocycles. The van der Waals surface area contributed by atoms with Gasteiger partial charge in [0.15, 0.2) is 0 Å². The number of nitrogens with one attached hydrogen (secondary N) is 2. The van der Waals surface area contributed by atoms with E-state index in [1.54, 1.807) is 0 Å². The zero-order valence-electron chi connectivity index (χ0n) is 7.23. The largest absolute Gasteiger partial charge is 0.357 e. The van der Waals surface area contributed by atoms with Crippen LogP contribution in [0.1, 0.15) is 0 Å². The lowest BCUT2D eigenvalue weighted by Gasteiger charge is -1.90. The van der Waals surface area contributed by atoms with Gasteiger partial charge in [0.1, 0.15) is 0 Å². The van der Waals surface area contributed by atoms with E-state index >= 15 is 0 Å². The number of benzene rings is 1. The third-order valence-corrected chi connectivity index (χ3v) is 2.17. The van der Waals surface area contributed by atoms with E-state index in [4.69, 9.17) is 0 Å². The number of aromatic nitrogens is 5. The third kappa shape index (κ3) is 0.922. The first kappa shape index (κ1) is 7.25. The summed E-state index contributed by atoms with van der Waals surface area (Å²) in [5.41, 5.74) is 0.898. The van der Waals surface area contributed by atoms with Crippen LogP contribution in [0.5, 0.6) is 0 Å². The summed E-state index contributed by atoms with van der Waals surface area (Å²) < 4.78 is 0. The van der Waals surface area contributed by atoms with Gasteiger partial charge in [-0.25, -0.2) is 0 Å². The van der Waals surface area contributed by atoms with Crippen LogP contribution >= 0.6 is 0 Å². The predicted molar refractivity (Wildman–Crippen MR) is 51.5 cm³/mol. The number of fused-ring (bicyclic) bond motifs is 1. The van der Waals surface area contributed by atoms with Crippen LogP contribution in [0.2, 0.25) is 0 Å². The van der Waals surface area contributed by atoms with Crippen LogP contribution in [0, 0.1) is 0 Å². The highest BCUT2D eigenvalue weighted by atomic mass is 15.5. The molecule has 2 N–H and O–H groups in total. The smallest absolute Gasteiger partial charge is 0.221 e. The van der Waals surface area contributed by atoms with Gasteiger partial charge in [0.05, 0.1) is 5.69 Å². The Bertz CT molecular complexity index is 551. The lowest BCUT2D eigenvalue weighted by Crippen LogP contribution is -1.80. The van der Waals surface area contributed by atoms with Crippen molar-refractivity contribution < 1.29 is 0 Å². The maximum Gasteiger partial charge on any atom is 0.221 e. The van der Waals surface area contributed by atoms with Crippen LogP contribution in [-0.4, -0.2) is 25.6 Å². The molecule has 0 saturated heterocycles. The first-order valence-electron chi connectivity index (χ1n) is 4.25. The molecule has 0 bridgehead atoms. The molecule has 0 spiro atoms. The van der Waals surface area contributed by atoms with Gasteiger partial charge in [-0.2, -0.15) is 5.21 Å². The van der Waals surface area contributed by atoms with Crippen LogP contribution < -0.4 is 0 Å². The van der Waals surface area contributed by atoms with Crippen molar-refractivity contribution in [3.8, 4) is 11.5 Å². The molecule has 1 aromatic carbocycles. The summed E-state index contributed by atoms with van der Waals surface area (Å²) in [5.74, 6) is 0.589. The third-order valence-electron chi connectivity index (χ3n) is 2.17. The Balaban J connectivity index is 2.33. The number of hydrogen-bond acceptors (Lipinski definition) is 3. The van der Waals surface area contributed by atoms with E-state index in [1.807, 2.05) is 30.5 Å². The number of aromatic amines is 2. The SMILES string of the molecule is c1ccc2c(-c3nn[nH]n3)[nH]cc2c1. The molecule has 3 rings (SSSR count). The van der Waals surface area contributed by atoms with Crippen LogP contribution in [0.3, 0.4) is 0 Å². The molecule has 68 valence electrons. The van der Waals surface area contributed by atoms with Gasteiger partial charge >= 0.3 is 0 Å². The fourth-order valence-electron chi connectivity index (χ4n) is 1.53. The highest BCUT2D eigenvalue weighted by molar-refractivity contribution is 5.93. The number of hydrogen-bond donors (Lipinski definition) is 2. The monoisotopic (exact) mass is 185 g/mol. The second kappa shape index (κ2) is 2.66. The maximum absolute atomic E-state index is 3.93. The standard InChI is InChI=1S/C9H7N5/c1-2-4-7-6(3-1)5-10-8(7)9-11-13-14-12-9/h1-5,10H,(H,11,12,13,14). The first-order valence-corrected chi connectivity index (χ1v) is 4.25. The average molecular weight is 185 g/mol. The molecule has 14 heavy (non-hydrogen) atoms. The van der Waals surface area contributed by atoms with Crippen molar-refractivity contribution in [3.05, 3.63) is 30.5 Å². The molecular weight excluding hydrogens is 178 g/mol. The molecule has 5 heteroatoms. The van der Waals surface area contributed by atoms with Crippen molar-refractivity contribution in [2.45, 2.75) is 0 Å². The summed E-state index contributed by atoms with van der Waals surface area (Å²) in [6, 6.07) is 8.04. The van der Waals surface area contributed by atoms with Crippen LogP contribution in [0.15, 0.2) is 30.5 Å². The number of H-pyrrole nitrogens is 2. The molecule has 5 nitrogen and oxygen atoms in total. The fourth-order valence-corrected chi connectivity index (χ4v) is 1.53. The first-order chi connectivity index (χ1) is 6.95. The van der Waals surface area contributed by atoms with E-state index in [9.17, 15) is 0 Å². The topological polar surface area (TPSA) is 70.2 Å². The van der Waals surface area contributed by atoms with Crippen LogP contribution in [0.25, 0.3) is 22.3 Å². The van der Waals surface area contributed by atoms with Crippen molar-refractivity contribution in [2.24, 2.45) is 0 Å². The zero-order valence-corrected chi connectivity index (χ0v) is 7.23. The summed E-state index contributed by atoms with van der Waals surface area (Å²) in [6.45, 7) is 0. The van der Waals surface area contributed by atoms with Crippen molar-refractivity contribution in [1.29, 1.82) is 0 Å². The number of rotatable bonds is 1. The minimum Gasteiger partial charge on any atom is -0.357 e. The Labute approximate surface area is 79.2 Å². The normalized spacial score (nSPS) is 10.9. The van der Waals surface area contributed by atoms with E-state index in [-0.39, 0.29) is 0 Å². The Morgan fingerprint density at radius 2 is 2.07 bits per heavy atom. The Kier molecular flexibility index (Phi) is 1.38. The summed E-state index contributed by atoms with van der Waals surface area (Å²) in [6.07, 6.45) is 1.93. The van der Waals surface area contributed by atoms with Gasteiger partial charge in [-0.1, -0.05) is 24.3 Å². The zero-order chi connectivity index (χ0) is 9.38. The minimum absolute atomic E-state index is 0.589. The molecule has 0 unspecified atom stereocenters. The Morgan fingerprint density at radius 1 is 1.14 bits per heavy atom. The van der Waals surface area contributed by atoms with E-state index in [0.29, 0.717) is 5.82 Å². The highest BCUT2D eigenvalue weighted by Gasteiger charge is 2.08. The second-order valence-corrected chi connectivity index (χ2v) is 2.99. The van der Waals surface area contributed by atoms with Crippen LogP contribution in [-0.2, 0) is 0 Å². The van der Waals surface area contributed by atoms with Crippen molar-refractivity contribution in [1.82, 2.24) is 25.6 Å². The van der Waals surface area contributed by atoms with E-state index in [1.165, 1.54) is 0 Å². The van der Waals surface area contributed by atoms with Gasteiger partial charge in [0, 0.05) is 11.6 Å². The highest BCUT2D eigenvalue weighted by Crippen LogP contribution is 2.23. The lowest BCUT2D eigenvalue weighted by atomic mass is 10.2. The second-order valence-electron chi connectivity index (χ2n) is 2.99. The summed E-state index contributed by atoms with van der Waals surface area (Å²) in [4.78, 5) is 3.13. The quantitative estimate of drug-likeness (QED) is 0.601. The summed E-state index contributed by atoms with van der Waals surface area (Å²) >= 11 is 0. The molecule has 0 aliphatic carbocycles. The van der Waals surface area contributed by atoms with Crippen molar-refractivity contribution in [3.63, 3.8) is 0 Å². The molecule has 0 amide bonds.